The van der Waals surface area contributed by atoms with E-state index in [-0.39, 0.29) is 40.8 Å². The van der Waals surface area contributed by atoms with Gasteiger partial charge in [0.15, 0.2) is 0 Å². The van der Waals surface area contributed by atoms with Crippen molar-refractivity contribution in [2.75, 3.05) is 45.1 Å². The van der Waals surface area contributed by atoms with Gasteiger partial charge in [-0.1, -0.05) is 103 Å². The Morgan fingerprint density at radius 3 is 0.992 bits per heavy atom. The molecule has 0 saturated heterocycles. The molecule has 0 radical (unpaired) electrons. The third-order valence-corrected chi connectivity index (χ3v) is 26.5. The van der Waals surface area contributed by atoms with Gasteiger partial charge in [0.05, 0.1) is 61.2 Å². The number of nitro groups is 1. The maximum Gasteiger partial charge on any atom is 0.270 e. The van der Waals surface area contributed by atoms with Gasteiger partial charge in [-0.3, -0.25) is 34.1 Å². The number of carbonyl (C=O) groups excluding carboxylic acids is 5. The van der Waals surface area contributed by atoms with Gasteiger partial charge in [-0.15, -0.1) is 6.58 Å². The first-order chi connectivity index (χ1) is 61.7. The molecule has 0 aromatic heterocycles. The number of anilines is 11. The highest BCUT2D eigenvalue weighted by Crippen LogP contribution is 2.35. The molecule has 1 aliphatic carbocycles. The van der Waals surface area contributed by atoms with E-state index in [2.05, 4.69) is 353 Å². The first kappa shape index (κ1) is 103. The van der Waals surface area contributed by atoms with Crippen LogP contribution in [0.15, 0.2) is 274 Å². The normalized spacial score (nSPS) is 11.3. The molecule has 13 aromatic rings. The Bertz CT molecular complexity index is 6210. The molecule has 18 nitrogen and oxygen atoms in total. The molecule has 0 atom stereocenters. The second-order valence-electron chi connectivity index (χ2n) is 30.5. The molecule has 27 heteroatoms. The van der Waals surface area contributed by atoms with Gasteiger partial charge in [0.1, 0.15) is 0 Å². The molecule has 13 aromatic carbocycles. The summed E-state index contributed by atoms with van der Waals surface area (Å²) in [5, 5.41) is 40.0. The van der Waals surface area contributed by atoms with Gasteiger partial charge in [0, 0.05) is 111 Å². The smallest absolute Gasteiger partial charge is 0.270 e. The van der Waals surface area contributed by atoms with Crippen LogP contribution in [-0.2, 0) is 13.1 Å². The molecule has 5 amide bonds. The molecule has 129 heavy (non-hydrogen) atoms. The lowest BCUT2D eigenvalue weighted by Gasteiger charge is -2.23. The number of hydrogen-bond acceptors (Lipinski definition) is 12. The zero-order chi connectivity index (χ0) is 93.0. The third kappa shape index (κ3) is 32.1. The topological polar surface area (TPSA) is 240 Å². The summed E-state index contributed by atoms with van der Waals surface area (Å²) in [6.07, 6.45) is 7.56. The van der Waals surface area contributed by atoms with E-state index in [0.29, 0.717) is 48.1 Å². The monoisotopic (exact) mass is 2730 g/mol. The van der Waals surface area contributed by atoms with Crippen molar-refractivity contribution in [1.29, 1.82) is 0 Å². The largest absolute Gasteiger partial charge is 0.355 e. The first-order valence-corrected chi connectivity index (χ1v) is 50.8. The van der Waals surface area contributed by atoms with E-state index >= 15 is 0 Å². The van der Waals surface area contributed by atoms with Crippen LogP contribution in [0.2, 0.25) is 0 Å². The Morgan fingerprint density at radius 2 is 0.659 bits per heavy atom. The van der Waals surface area contributed by atoms with Crippen LogP contribution in [0.25, 0.3) is 0 Å². The SMILES string of the molecule is C=CCNC(=O)c1cc(I)ccc1Nc1ccc(I)cc1C.Cc1cc(I)ccc1Nc1ccc(I)cc1C(=O)N(C)c1ccccc1.Cc1cc(I)ccc1Nc1ccc(I)cc1C(=O)NC1CCCCC1.Cc1cccc(CNC(=O)c2cc(I)ccc2Nc2ccc(I)cc2C)c1.Cc1cccc(CNC(=O)c2cc([N+](=O)[O-])ccc2Nc2ccc(I)cc2C)c1. The summed E-state index contributed by atoms with van der Waals surface area (Å²) < 4.78 is 10.0. The van der Waals surface area contributed by atoms with Crippen LogP contribution in [-0.4, -0.2) is 54.1 Å². The van der Waals surface area contributed by atoms with E-state index in [1.807, 2.05) is 196 Å². The van der Waals surface area contributed by atoms with Gasteiger partial charge >= 0.3 is 0 Å². The number of benzene rings is 13. The zero-order valence-corrected chi connectivity index (χ0v) is 91.4. The number of hydrogen-bond donors (Lipinski definition) is 9. The Morgan fingerprint density at radius 1 is 0.357 bits per heavy atom. The molecular weight excluding hydrogens is 2630 g/mol. The Labute approximate surface area is 878 Å². The third-order valence-electron chi connectivity index (χ3n) is 20.5. The number of nitro benzene ring substituents is 1. The van der Waals surface area contributed by atoms with Crippen molar-refractivity contribution in [3.63, 3.8) is 0 Å². The predicted octanol–water partition coefficient (Wildman–Crippen LogP) is 28.8. The number of para-hydroxylation sites is 1. The van der Waals surface area contributed by atoms with Gasteiger partial charge in [0.2, 0.25) is 0 Å². The molecule has 0 heterocycles. The molecule has 0 aliphatic heterocycles. The van der Waals surface area contributed by atoms with Crippen LogP contribution < -0.4 is 52.8 Å². The fourth-order valence-corrected chi connectivity index (χ4v) is 18.9. The number of amides is 5. The molecule has 664 valence electrons. The van der Waals surface area contributed by atoms with E-state index < -0.39 is 4.92 Å². The van der Waals surface area contributed by atoms with E-state index in [4.69, 9.17) is 0 Å². The lowest BCUT2D eigenvalue weighted by molar-refractivity contribution is -0.384. The summed E-state index contributed by atoms with van der Waals surface area (Å²) in [6, 6.07) is 84.6. The number of rotatable bonds is 24. The second-order valence-corrected chi connectivity index (χ2v) is 41.7. The van der Waals surface area contributed by atoms with Gasteiger partial charge in [-0.05, 0) is 486 Å². The van der Waals surface area contributed by atoms with E-state index in [0.717, 1.165) is 132 Å². The maximum absolute atomic E-state index is 13.1. The molecule has 1 fully saturated rings. The highest BCUT2D eigenvalue weighted by atomic mass is 127. The van der Waals surface area contributed by atoms with Crippen molar-refractivity contribution in [3.05, 3.63) is 394 Å². The molecule has 0 spiro atoms. The number of nitrogens with zero attached hydrogens (tertiary/aromatic N) is 2. The van der Waals surface area contributed by atoms with Crippen LogP contribution in [0.4, 0.5) is 68.2 Å². The summed E-state index contributed by atoms with van der Waals surface area (Å²) in [5.41, 5.74) is 22.2. The minimum absolute atomic E-state index is 0.0241. The minimum Gasteiger partial charge on any atom is -0.355 e. The highest BCUT2D eigenvalue weighted by molar-refractivity contribution is 14.1. The molecule has 1 saturated carbocycles. The summed E-state index contributed by atoms with van der Waals surface area (Å²) in [7, 11) is 1.80. The Hall–Kier alpha value is -8.08. The predicted molar refractivity (Wildman–Crippen MR) is 606 cm³/mol. The fourth-order valence-electron chi connectivity index (χ4n) is 13.7. The number of non-ortho nitro benzene ring substituents is 1. The molecule has 1 aliphatic rings. The lowest BCUT2D eigenvalue weighted by atomic mass is 9.95. The van der Waals surface area contributed by atoms with Crippen LogP contribution in [0.3, 0.4) is 0 Å². The van der Waals surface area contributed by atoms with Crippen LogP contribution in [0.1, 0.15) is 134 Å². The Kier molecular flexibility index (Phi) is 40.9. The van der Waals surface area contributed by atoms with E-state index in [9.17, 15) is 34.1 Å². The van der Waals surface area contributed by atoms with E-state index in [1.165, 1.54) is 56.8 Å². The van der Waals surface area contributed by atoms with Crippen LogP contribution in [0, 0.1) is 90.7 Å². The van der Waals surface area contributed by atoms with Gasteiger partial charge in [-0.2, -0.15) is 0 Å². The summed E-state index contributed by atoms with van der Waals surface area (Å²) in [4.78, 5) is 76.4. The number of halogens is 9. The summed E-state index contributed by atoms with van der Waals surface area (Å²) in [6.45, 7) is 19.2. The van der Waals surface area contributed by atoms with Crippen molar-refractivity contribution in [1.82, 2.24) is 21.3 Å². The standard InChI is InChI=1S/C22H20I2N2O.C22H20IN3O3.C21H18I2N2O.C20H22I2N2O.C17H16I2N2O/c1-14-4-3-5-16(10-14)13-25-22(27)19-12-18(24)7-9-21(19)26-20-8-6-17(23)11-15(20)2;1-14-4-3-5-16(10-14)13-24-22(27)19-12-18(26(28)29)7-9-21(19)25-20-8-6-17(23)11-15(20)2;1-14-12-15(22)8-10-19(14)24-20-11-9-16(23)13-18(20)21(26)25(2)17-6-4-3-5-7-17;1-13-11-14(21)7-9-18(13)24-19-10-8-15(22)12-17(19)20(25)23-16-5-3-2-4-6-16;1-3-8-20-17(22)14-10-13(19)5-7-16(14)21-15-6-4-12(18)9-11(15)2/h3-12,26H,13H2,1-2H3,(H,25,27);3-12,25H,13H2,1-2H3,(H,24,27);3-13,24H,1-2H3;7-12,16,24H,2-6H2,1H3,(H,23,25);3-7,9-10,21H,1,8H2,2H3,(H,20,22). The van der Waals surface area contributed by atoms with Crippen LogP contribution in [0.5, 0.6) is 0 Å². The average molecular weight is 2730 g/mol. The molecule has 0 bridgehead atoms. The summed E-state index contributed by atoms with van der Waals surface area (Å²) >= 11 is 20.4. The van der Waals surface area contributed by atoms with Crippen molar-refractivity contribution in [2.45, 2.75) is 99.7 Å². The lowest BCUT2D eigenvalue weighted by Crippen LogP contribution is -2.36. The molecule has 0 unspecified atom stereocenters. The van der Waals surface area contributed by atoms with Gasteiger partial charge in [-0.25, -0.2) is 0 Å². The van der Waals surface area contributed by atoms with Gasteiger partial charge < -0.3 is 52.8 Å². The number of nitrogens with one attached hydrogen (secondary N) is 9. The summed E-state index contributed by atoms with van der Waals surface area (Å²) in [5.74, 6) is -0.581. The quantitative estimate of drug-likeness (QED) is 0.0119. The van der Waals surface area contributed by atoms with Crippen molar-refractivity contribution >= 4 is 301 Å². The fraction of sp³-hybridized carbons (Fsp3) is 0.167. The van der Waals surface area contributed by atoms with Crippen molar-refractivity contribution in [3.8, 4) is 0 Å². The highest BCUT2D eigenvalue weighted by Gasteiger charge is 2.24. The molecular formula is C102H96I9N11O7. The second kappa shape index (κ2) is 51.2. The molecule has 9 N–H and O–H groups in total. The average Bonchev–Trinajstić information content (AvgIpc) is 0.844. The first-order valence-electron chi connectivity index (χ1n) is 41.1. The maximum atomic E-state index is 13.1. The van der Waals surface area contributed by atoms with Gasteiger partial charge in [0.25, 0.3) is 35.2 Å². The van der Waals surface area contributed by atoms with Crippen LogP contribution >= 0.6 is 203 Å². The number of carbonyl (C=O) groups is 5. The Balaban J connectivity index is 0.000000168. The molecule has 14 rings (SSSR count). The van der Waals surface area contributed by atoms with E-state index in [1.54, 1.807) is 24.1 Å². The zero-order valence-electron chi connectivity index (χ0n) is 72.0. The number of aryl methyl sites for hydroxylation is 7. The van der Waals surface area contributed by atoms with Crippen molar-refractivity contribution < 1.29 is 28.9 Å². The van der Waals surface area contributed by atoms with Crippen molar-refractivity contribution in [2.24, 2.45) is 0 Å². The minimum atomic E-state index is -0.503.